The van der Waals surface area contributed by atoms with Crippen LogP contribution in [0.2, 0.25) is 0 Å². The van der Waals surface area contributed by atoms with Crippen LogP contribution in [0.3, 0.4) is 0 Å². The Balaban J connectivity index is 1.65. The lowest BCUT2D eigenvalue weighted by atomic mass is 9.94. The van der Waals surface area contributed by atoms with Gasteiger partial charge in [-0.3, -0.25) is 15.0 Å². The normalized spacial score (nSPS) is 16.3. The number of hydrogen-bond donors (Lipinski definition) is 1. The minimum absolute atomic E-state index is 0.0547. The van der Waals surface area contributed by atoms with E-state index in [4.69, 9.17) is 0 Å². The van der Waals surface area contributed by atoms with E-state index in [-0.39, 0.29) is 36.2 Å². The maximum atomic E-state index is 13.8. The summed E-state index contributed by atoms with van der Waals surface area (Å²) in [6, 6.07) is 14.9. The second-order valence-electron chi connectivity index (χ2n) is 9.09. The summed E-state index contributed by atoms with van der Waals surface area (Å²) in [4.78, 5) is 28.2. The zero-order chi connectivity index (χ0) is 26.7. The molecule has 0 radical (unpaired) electrons. The summed E-state index contributed by atoms with van der Waals surface area (Å²) in [6.45, 7) is 1.79. The van der Waals surface area contributed by atoms with Gasteiger partial charge in [0.15, 0.2) is 17.4 Å². The number of rotatable bonds is 5. The molecule has 3 aromatic rings. The summed E-state index contributed by atoms with van der Waals surface area (Å²) in [5, 5.41) is 1.58. The van der Waals surface area contributed by atoms with E-state index in [0.717, 1.165) is 17.8 Å². The molecular weight excluding hydrogens is 479 g/mol. The summed E-state index contributed by atoms with van der Waals surface area (Å²) in [7, 11) is 3.80. The number of piperidine rings is 1. The van der Waals surface area contributed by atoms with E-state index < -0.39 is 11.6 Å². The lowest BCUT2D eigenvalue weighted by molar-refractivity contribution is -0.113. The van der Waals surface area contributed by atoms with Crippen LogP contribution in [0.4, 0.5) is 18.9 Å². The minimum Gasteiger partial charge on any atom is -0.378 e. The average molecular weight is 506 g/mol. The Bertz CT molecular complexity index is 1340. The zero-order valence-corrected chi connectivity index (χ0v) is 20.7. The topological polar surface area (TPSA) is 52.7 Å². The SMILES string of the molecule is Cc1cc(/C=C2\CN(NC(=O)c3ccc(N(C)C)cc3)C/C(=C\c3ccc(F)c(F)c3)C2=O)ccc1F. The third kappa shape index (κ3) is 6.16. The van der Waals surface area contributed by atoms with Gasteiger partial charge in [0.05, 0.1) is 0 Å². The number of carbonyl (C=O) groups excluding carboxylic acids is 2. The lowest BCUT2D eigenvalue weighted by Crippen LogP contribution is -2.48. The van der Waals surface area contributed by atoms with E-state index in [9.17, 15) is 22.8 Å². The Morgan fingerprint density at radius 2 is 1.41 bits per heavy atom. The van der Waals surface area contributed by atoms with Crippen LogP contribution in [0.15, 0.2) is 71.8 Å². The fraction of sp³-hybridized carbons (Fsp3) is 0.172. The molecule has 1 fully saturated rings. The van der Waals surface area contributed by atoms with Gasteiger partial charge in [-0.1, -0.05) is 12.1 Å². The number of amides is 1. The molecule has 3 aromatic carbocycles. The predicted molar refractivity (Wildman–Crippen MR) is 138 cm³/mol. The molecule has 4 rings (SSSR count). The van der Waals surface area contributed by atoms with Crippen molar-refractivity contribution in [1.29, 1.82) is 0 Å². The molecule has 1 amide bonds. The van der Waals surface area contributed by atoms with Crippen molar-refractivity contribution in [2.24, 2.45) is 0 Å². The van der Waals surface area contributed by atoms with Crippen LogP contribution < -0.4 is 10.3 Å². The number of carbonyl (C=O) groups is 2. The Morgan fingerprint density at radius 1 is 0.838 bits per heavy atom. The van der Waals surface area contributed by atoms with Gasteiger partial charge >= 0.3 is 0 Å². The fourth-order valence-corrected chi connectivity index (χ4v) is 4.00. The van der Waals surface area contributed by atoms with E-state index in [1.165, 1.54) is 18.2 Å². The number of aryl methyl sites for hydroxylation is 1. The Hall–Kier alpha value is -4.17. The van der Waals surface area contributed by atoms with Gasteiger partial charge < -0.3 is 4.90 Å². The number of hydrazine groups is 1. The van der Waals surface area contributed by atoms with Crippen LogP contribution in [0.25, 0.3) is 12.2 Å². The summed E-state index contributed by atoms with van der Waals surface area (Å²) in [6.07, 6.45) is 3.11. The van der Waals surface area contributed by atoms with Crippen LogP contribution in [-0.4, -0.2) is 43.9 Å². The molecule has 0 aromatic heterocycles. The maximum absolute atomic E-state index is 13.8. The smallest absolute Gasteiger partial charge is 0.265 e. The summed E-state index contributed by atoms with van der Waals surface area (Å²) >= 11 is 0. The zero-order valence-electron chi connectivity index (χ0n) is 20.7. The van der Waals surface area contributed by atoms with Gasteiger partial charge in [-0.2, -0.15) is 0 Å². The largest absolute Gasteiger partial charge is 0.378 e. The number of nitrogens with zero attached hydrogens (tertiary/aromatic N) is 2. The van der Waals surface area contributed by atoms with Crippen LogP contribution in [0, 0.1) is 24.4 Å². The Labute approximate surface area is 213 Å². The highest BCUT2D eigenvalue weighted by atomic mass is 19.2. The third-order valence-corrected chi connectivity index (χ3v) is 6.02. The molecule has 0 aliphatic carbocycles. The first-order valence-electron chi connectivity index (χ1n) is 11.6. The number of nitrogens with one attached hydrogen (secondary N) is 1. The quantitative estimate of drug-likeness (QED) is 0.486. The summed E-state index contributed by atoms with van der Waals surface area (Å²) in [5.41, 5.74) is 6.22. The Kier molecular flexibility index (Phi) is 7.59. The highest BCUT2D eigenvalue weighted by Gasteiger charge is 2.27. The first-order valence-corrected chi connectivity index (χ1v) is 11.6. The molecule has 0 spiro atoms. The highest BCUT2D eigenvalue weighted by Crippen LogP contribution is 2.23. The molecule has 1 N–H and O–H groups in total. The monoisotopic (exact) mass is 505 g/mol. The van der Waals surface area contributed by atoms with E-state index in [1.54, 1.807) is 42.3 Å². The van der Waals surface area contributed by atoms with Crippen molar-refractivity contribution in [3.05, 3.63) is 112 Å². The molecule has 1 saturated heterocycles. The second kappa shape index (κ2) is 10.8. The molecule has 1 heterocycles. The molecule has 37 heavy (non-hydrogen) atoms. The average Bonchev–Trinajstić information content (AvgIpc) is 2.86. The van der Waals surface area contributed by atoms with E-state index >= 15 is 0 Å². The van der Waals surface area contributed by atoms with E-state index in [0.29, 0.717) is 27.8 Å². The van der Waals surface area contributed by atoms with Gasteiger partial charge in [0.2, 0.25) is 0 Å². The molecule has 0 atom stereocenters. The molecule has 1 aliphatic heterocycles. The van der Waals surface area contributed by atoms with Gasteiger partial charge in [0.25, 0.3) is 5.91 Å². The number of anilines is 1. The summed E-state index contributed by atoms with van der Waals surface area (Å²) < 4.78 is 40.9. The van der Waals surface area contributed by atoms with Crippen molar-refractivity contribution >= 4 is 29.5 Å². The molecule has 1 aliphatic rings. The van der Waals surface area contributed by atoms with Gasteiger partial charge in [0.1, 0.15) is 5.82 Å². The van der Waals surface area contributed by atoms with Crippen molar-refractivity contribution in [3.8, 4) is 0 Å². The number of halogens is 3. The number of Topliss-reactive ketones (excluding diaryl/α,β-unsaturated/α-hetero) is 1. The van der Waals surface area contributed by atoms with Crippen molar-refractivity contribution in [3.63, 3.8) is 0 Å². The Morgan fingerprint density at radius 3 is 1.95 bits per heavy atom. The van der Waals surface area contributed by atoms with Crippen LogP contribution >= 0.6 is 0 Å². The van der Waals surface area contributed by atoms with Crippen LogP contribution in [0.1, 0.15) is 27.0 Å². The molecule has 8 heteroatoms. The molecule has 190 valence electrons. The molecule has 5 nitrogen and oxygen atoms in total. The van der Waals surface area contributed by atoms with Crippen molar-refractivity contribution in [1.82, 2.24) is 10.4 Å². The molecule has 0 bridgehead atoms. The van der Waals surface area contributed by atoms with Gasteiger partial charge in [-0.25, -0.2) is 18.2 Å². The first-order chi connectivity index (χ1) is 17.6. The third-order valence-electron chi connectivity index (χ3n) is 6.02. The van der Waals surface area contributed by atoms with Crippen molar-refractivity contribution < 1.29 is 22.8 Å². The highest BCUT2D eigenvalue weighted by molar-refractivity contribution is 6.14. The summed E-state index contributed by atoms with van der Waals surface area (Å²) in [5.74, 6) is -3.03. The number of hydrogen-bond acceptors (Lipinski definition) is 4. The molecular formula is C29H26F3N3O2. The van der Waals surface area contributed by atoms with Crippen molar-refractivity contribution in [2.75, 3.05) is 32.1 Å². The van der Waals surface area contributed by atoms with Gasteiger partial charge in [-0.05, 0) is 84.3 Å². The van der Waals surface area contributed by atoms with Crippen molar-refractivity contribution in [2.45, 2.75) is 6.92 Å². The number of ketones is 1. The van der Waals surface area contributed by atoms with E-state index in [1.807, 2.05) is 31.1 Å². The van der Waals surface area contributed by atoms with Crippen LogP contribution in [0.5, 0.6) is 0 Å². The standard InChI is InChI=1S/C29H26F3N3O2/c1-18-12-19(4-10-25(18)30)13-22-16-35(33-29(37)21-6-8-24(9-7-21)34(2)3)17-23(28(22)36)14-20-5-11-26(31)27(32)15-20/h4-15H,16-17H2,1-3H3,(H,33,37)/b22-13+,23-14+. The number of benzene rings is 3. The maximum Gasteiger partial charge on any atom is 0.265 e. The van der Waals surface area contributed by atoms with Gasteiger partial charge in [0, 0.05) is 49.6 Å². The predicted octanol–water partition coefficient (Wildman–Crippen LogP) is 5.18. The molecule has 0 saturated carbocycles. The van der Waals surface area contributed by atoms with Crippen LogP contribution in [-0.2, 0) is 4.79 Å². The van der Waals surface area contributed by atoms with E-state index in [2.05, 4.69) is 5.43 Å². The lowest BCUT2D eigenvalue weighted by Gasteiger charge is -2.30. The second-order valence-corrected chi connectivity index (χ2v) is 9.09. The first kappa shape index (κ1) is 25.9. The fourth-order valence-electron chi connectivity index (χ4n) is 4.00. The molecule has 0 unspecified atom stereocenters. The minimum atomic E-state index is -1.03. The van der Waals surface area contributed by atoms with Gasteiger partial charge in [-0.15, -0.1) is 0 Å².